The summed E-state index contributed by atoms with van der Waals surface area (Å²) < 4.78 is 46.1. The molecule has 0 amide bonds. The third-order valence-electron chi connectivity index (χ3n) is 3.96. The third kappa shape index (κ3) is 2.77. The van der Waals surface area contributed by atoms with Gasteiger partial charge in [-0.25, -0.2) is 17.5 Å². The highest BCUT2D eigenvalue weighted by Gasteiger charge is 2.50. The van der Waals surface area contributed by atoms with Gasteiger partial charge in [-0.2, -0.15) is 0 Å². The lowest BCUT2D eigenvalue weighted by Gasteiger charge is -2.50. The Bertz CT molecular complexity index is 618. The van der Waals surface area contributed by atoms with Crippen LogP contribution in [0.3, 0.4) is 0 Å². The molecule has 1 aromatic rings. The van der Waals surface area contributed by atoms with Gasteiger partial charge in [0.1, 0.15) is 5.82 Å². The Morgan fingerprint density at radius 3 is 2.60 bits per heavy atom. The minimum atomic E-state index is -3.73. The Balaban J connectivity index is 2.18. The zero-order valence-electron chi connectivity index (χ0n) is 11.5. The highest BCUT2D eigenvalue weighted by Crippen LogP contribution is 2.43. The van der Waals surface area contributed by atoms with E-state index < -0.39 is 15.8 Å². The number of halogens is 2. The molecule has 0 aliphatic heterocycles. The molecule has 1 aromatic carbocycles. The van der Waals surface area contributed by atoms with E-state index in [0.29, 0.717) is 6.42 Å². The first-order valence-electron chi connectivity index (χ1n) is 6.18. The Hall–Kier alpha value is -0.500. The fourth-order valence-corrected chi connectivity index (χ4v) is 4.05. The van der Waals surface area contributed by atoms with Crippen molar-refractivity contribution in [3.05, 3.63) is 28.5 Å². The van der Waals surface area contributed by atoms with Gasteiger partial charge >= 0.3 is 0 Å². The Morgan fingerprint density at radius 2 is 2.10 bits per heavy atom. The summed E-state index contributed by atoms with van der Waals surface area (Å²) in [6.07, 6.45) is 0.638. The van der Waals surface area contributed by atoms with E-state index in [-0.39, 0.29) is 26.9 Å². The van der Waals surface area contributed by atoms with E-state index in [4.69, 9.17) is 4.74 Å². The van der Waals surface area contributed by atoms with Crippen LogP contribution < -0.4 is 4.72 Å². The van der Waals surface area contributed by atoms with Crippen molar-refractivity contribution in [2.45, 2.75) is 37.3 Å². The Labute approximate surface area is 126 Å². The van der Waals surface area contributed by atoms with Crippen LogP contribution in [0.4, 0.5) is 4.39 Å². The molecule has 0 spiro atoms. The largest absolute Gasteiger partial charge is 0.381 e. The number of methoxy groups -OCH3 is 1. The summed E-state index contributed by atoms with van der Waals surface area (Å²) in [5.74, 6) is -0.601. The highest BCUT2D eigenvalue weighted by atomic mass is 79.9. The van der Waals surface area contributed by atoms with Gasteiger partial charge in [-0.05, 0) is 40.5 Å². The van der Waals surface area contributed by atoms with Gasteiger partial charge < -0.3 is 4.74 Å². The number of hydrogen-bond acceptors (Lipinski definition) is 3. The zero-order valence-corrected chi connectivity index (χ0v) is 13.9. The standard InChI is InChI=1S/C13H17BrFNO3S/c1-13(2)11(7-12(13)19-3)16-20(17,18)8-4-5-9(14)10(15)6-8/h4-6,11-12,16H,7H2,1-3H3. The van der Waals surface area contributed by atoms with Crippen LogP contribution in [0.1, 0.15) is 20.3 Å². The second kappa shape index (κ2) is 5.36. The van der Waals surface area contributed by atoms with Crippen molar-refractivity contribution in [2.75, 3.05) is 7.11 Å². The molecule has 2 atom stereocenters. The average Bonchev–Trinajstić information content (AvgIpc) is 2.37. The van der Waals surface area contributed by atoms with E-state index in [0.717, 1.165) is 6.07 Å². The van der Waals surface area contributed by atoms with E-state index in [1.54, 1.807) is 7.11 Å². The van der Waals surface area contributed by atoms with Crippen molar-refractivity contribution in [2.24, 2.45) is 5.41 Å². The van der Waals surface area contributed by atoms with Crippen LogP contribution in [0.5, 0.6) is 0 Å². The lowest BCUT2D eigenvalue weighted by atomic mass is 9.65. The minimum absolute atomic E-state index is 0.0249. The average molecular weight is 366 g/mol. The van der Waals surface area contributed by atoms with Crippen LogP contribution in [0.2, 0.25) is 0 Å². The quantitative estimate of drug-likeness (QED) is 0.892. The SMILES string of the molecule is COC1CC(NS(=O)(=O)c2ccc(Br)c(F)c2)C1(C)C. The summed E-state index contributed by atoms with van der Waals surface area (Å²) in [5, 5.41) is 0. The van der Waals surface area contributed by atoms with Crippen LogP contribution in [0.15, 0.2) is 27.6 Å². The topological polar surface area (TPSA) is 55.4 Å². The van der Waals surface area contributed by atoms with Crippen molar-refractivity contribution >= 4 is 26.0 Å². The molecule has 112 valence electrons. The third-order valence-corrected chi connectivity index (χ3v) is 6.07. The molecule has 4 nitrogen and oxygen atoms in total. The molecule has 0 radical (unpaired) electrons. The highest BCUT2D eigenvalue weighted by molar-refractivity contribution is 9.10. The fourth-order valence-electron chi connectivity index (χ4n) is 2.38. The van der Waals surface area contributed by atoms with Crippen LogP contribution in [0, 0.1) is 11.2 Å². The second-order valence-corrected chi connectivity index (χ2v) is 8.10. The van der Waals surface area contributed by atoms with Gasteiger partial charge in [0.2, 0.25) is 10.0 Å². The first-order valence-corrected chi connectivity index (χ1v) is 8.46. The van der Waals surface area contributed by atoms with Crippen molar-refractivity contribution in [3.63, 3.8) is 0 Å². The molecule has 7 heteroatoms. The molecule has 0 bridgehead atoms. The first kappa shape index (κ1) is 15.9. The summed E-state index contributed by atoms with van der Waals surface area (Å²) >= 11 is 3.00. The van der Waals surface area contributed by atoms with Crippen molar-refractivity contribution < 1.29 is 17.5 Å². The Morgan fingerprint density at radius 1 is 1.45 bits per heavy atom. The van der Waals surface area contributed by atoms with Gasteiger partial charge in [0, 0.05) is 18.6 Å². The maximum atomic E-state index is 13.5. The summed E-state index contributed by atoms with van der Waals surface area (Å²) in [5.41, 5.74) is -0.282. The predicted molar refractivity (Wildman–Crippen MR) is 77.4 cm³/mol. The maximum absolute atomic E-state index is 13.5. The lowest BCUT2D eigenvalue weighted by molar-refractivity contribution is -0.0908. The molecule has 0 heterocycles. The van der Waals surface area contributed by atoms with Crippen LogP contribution in [0.25, 0.3) is 0 Å². The molecular formula is C13H17BrFNO3S. The van der Waals surface area contributed by atoms with Crippen LogP contribution >= 0.6 is 15.9 Å². The van der Waals surface area contributed by atoms with E-state index in [2.05, 4.69) is 20.7 Å². The normalized spacial score (nSPS) is 25.2. The van der Waals surface area contributed by atoms with E-state index in [1.165, 1.54) is 12.1 Å². The summed E-state index contributed by atoms with van der Waals surface area (Å²) in [4.78, 5) is -0.0742. The predicted octanol–water partition coefficient (Wildman–Crippen LogP) is 2.68. The number of hydrogen-bond donors (Lipinski definition) is 1. The van der Waals surface area contributed by atoms with Gasteiger partial charge in [0.15, 0.2) is 0 Å². The lowest BCUT2D eigenvalue weighted by Crippen LogP contribution is -2.61. The van der Waals surface area contributed by atoms with E-state index >= 15 is 0 Å². The number of sulfonamides is 1. The molecule has 1 fully saturated rings. The van der Waals surface area contributed by atoms with E-state index in [9.17, 15) is 12.8 Å². The van der Waals surface area contributed by atoms with Crippen molar-refractivity contribution in [3.8, 4) is 0 Å². The van der Waals surface area contributed by atoms with Gasteiger partial charge in [-0.1, -0.05) is 13.8 Å². The minimum Gasteiger partial charge on any atom is -0.381 e. The zero-order chi connectivity index (χ0) is 15.1. The maximum Gasteiger partial charge on any atom is 0.240 e. The summed E-state index contributed by atoms with van der Waals surface area (Å²) in [6.45, 7) is 3.89. The van der Waals surface area contributed by atoms with Gasteiger partial charge in [-0.15, -0.1) is 0 Å². The number of rotatable bonds is 4. The molecule has 0 aromatic heterocycles. The van der Waals surface area contributed by atoms with Crippen molar-refractivity contribution in [1.82, 2.24) is 4.72 Å². The Kier molecular flexibility index (Phi) is 4.26. The molecule has 2 rings (SSSR count). The molecule has 1 aliphatic carbocycles. The van der Waals surface area contributed by atoms with Crippen LogP contribution in [-0.2, 0) is 14.8 Å². The van der Waals surface area contributed by atoms with Gasteiger partial charge in [0.25, 0.3) is 0 Å². The molecule has 2 unspecified atom stereocenters. The fraction of sp³-hybridized carbons (Fsp3) is 0.538. The molecule has 1 aliphatic rings. The van der Waals surface area contributed by atoms with Gasteiger partial charge in [0.05, 0.1) is 15.5 Å². The summed E-state index contributed by atoms with van der Waals surface area (Å²) in [7, 11) is -2.12. The van der Waals surface area contributed by atoms with Crippen molar-refractivity contribution in [1.29, 1.82) is 0 Å². The number of benzene rings is 1. The molecule has 1 saturated carbocycles. The summed E-state index contributed by atoms with van der Waals surface area (Å²) in [6, 6.07) is 3.54. The second-order valence-electron chi connectivity index (χ2n) is 5.53. The monoisotopic (exact) mass is 365 g/mol. The van der Waals surface area contributed by atoms with Crippen LogP contribution in [-0.4, -0.2) is 27.7 Å². The molecule has 0 saturated heterocycles. The number of nitrogens with one attached hydrogen (secondary N) is 1. The van der Waals surface area contributed by atoms with E-state index in [1.807, 2.05) is 13.8 Å². The first-order chi connectivity index (χ1) is 9.18. The van der Waals surface area contributed by atoms with Gasteiger partial charge in [-0.3, -0.25) is 0 Å². The molecular weight excluding hydrogens is 349 g/mol. The smallest absolute Gasteiger partial charge is 0.240 e. The molecule has 20 heavy (non-hydrogen) atoms. The molecule has 1 N–H and O–H groups in total. The number of ether oxygens (including phenoxy) is 1.